The van der Waals surface area contributed by atoms with Crippen LogP contribution in [-0.2, 0) is 21.7 Å². The second-order valence-corrected chi connectivity index (χ2v) is 6.87. The van der Waals surface area contributed by atoms with Gasteiger partial charge in [0, 0.05) is 18.0 Å². The average molecular weight is 372 g/mol. The van der Waals surface area contributed by atoms with Crippen LogP contribution in [0.3, 0.4) is 0 Å². The van der Waals surface area contributed by atoms with E-state index in [0.29, 0.717) is 18.1 Å². The Balaban J connectivity index is 1.75. The van der Waals surface area contributed by atoms with Gasteiger partial charge in [-0.2, -0.15) is 0 Å². The zero-order valence-electron chi connectivity index (χ0n) is 15.1. The first-order valence-electron chi connectivity index (χ1n) is 8.40. The quantitative estimate of drug-likeness (QED) is 0.692. The Hall–Kier alpha value is -2.47. The molecule has 0 aliphatic rings. The third-order valence-electron chi connectivity index (χ3n) is 3.68. The van der Waals surface area contributed by atoms with Crippen LogP contribution in [0.2, 0.25) is 0 Å². The largest absolute Gasteiger partial charge is 0.468 e. The van der Waals surface area contributed by atoms with Gasteiger partial charge in [-0.3, -0.25) is 4.79 Å². The lowest BCUT2D eigenvalue weighted by Crippen LogP contribution is -2.30. The Bertz CT molecular complexity index is 749. The number of carbonyl (C=O) groups is 2. The number of thioether (sulfide) groups is 1. The first kappa shape index (κ1) is 19.8. The maximum atomic E-state index is 12.0. The molecule has 0 saturated carbocycles. The molecule has 0 atom stereocenters. The standard InChI is InChI=1S/C20H24N2O3S/c1-15-5-3-6-16(11-15)9-10-21-20(24)22-18-8-4-7-17(12-18)13-26-14-19(23)25-2/h3-8,11-12H,9-10,13-14H2,1-2H3,(H2,21,22,24). The Kier molecular flexibility index (Phi) is 8.02. The van der Waals surface area contributed by atoms with Crippen molar-refractivity contribution in [3.8, 4) is 0 Å². The lowest BCUT2D eigenvalue weighted by Gasteiger charge is -2.09. The van der Waals surface area contributed by atoms with Crippen LogP contribution in [0, 0.1) is 6.92 Å². The van der Waals surface area contributed by atoms with Crippen molar-refractivity contribution in [3.05, 3.63) is 65.2 Å². The summed E-state index contributed by atoms with van der Waals surface area (Å²) in [5, 5.41) is 5.71. The van der Waals surface area contributed by atoms with Crippen molar-refractivity contribution < 1.29 is 14.3 Å². The number of urea groups is 1. The fourth-order valence-electron chi connectivity index (χ4n) is 2.41. The van der Waals surface area contributed by atoms with Crippen LogP contribution in [0.4, 0.5) is 10.5 Å². The number of ether oxygens (including phenoxy) is 1. The van der Waals surface area contributed by atoms with Gasteiger partial charge in [-0.15, -0.1) is 11.8 Å². The number of benzene rings is 2. The summed E-state index contributed by atoms with van der Waals surface area (Å²) in [7, 11) is 1.38. The zero-order valence-corrected chi connectivity index (χ0v) is 15.9. The minimum Gasteiger partial charge on any atom is -0.468 e. The van der Waals surface area contributed by atoms with E-state index in [2.05, 4.69) is 40.5 Å². The van der Waals surface area contributed by atoms with Gasteiger partial charge < -0.3 is 15.4 Å². The molecule has 0 saturated heterocycles. The topological polar surface area (TPSA) is 67.4 Å². The van der Waals surface area contributed by atoms with Crippen molar-refractivity contribution in [2.24, 2.45) is 0 Å². The van der Waals surface area contributed by atoms with E-state index in [-0.39, 0.29) is 12.0 Å². The maximum Gasteiger partial charge on any atom is 0.319 e. The van der Waals surface area contributed by atoms with Gasteiger partial charge in [-0.05, 0) is 36.6 Å². The van der Waals surface area contributed by atoms with E-state index < -0.39 is 0 Å². The van der Waals surface area contributed by atoms with Crippen LogP contribution < -0.4 is 10.6 Å². The molecule has 26 heavy (non-hydrogen) atoms. The molecule has 2 rings (SSSR count). The van der Waals surface area contributed by atoms with Gasteiger partial charge in [-0.25, -0.2) is 4.79 Å². The van der Waals surface area contributed by atoms with Gasteiger partial charge in [0.1, 0.15) is 0 Å². The van der Waals surface area contributed by atoms with Crippen LogP contribution in [0.25, 0.3) is 0 Å². The molecule has 0 unspecified atom stereocenters. The Morgan fingerprint density at radius 1 is 1.08 bits per heavy atom. The van der Waals surface area contributed by atoms with E-state index in [1.807, 2.05) is 30.3 Å². The molecule has 2 amide bonds. The zero-order chi connectivity index (χ0) is 18.8. The summed E-state index contributed by atoms with van der Waals surface area (Å²) in [4.78, 5) is 23.2. The highest BCUT2D eigenvalue weighted by atomic mass is 32.2. The van der Waals surface area contributed by atoms with Crippen LogP contribution in [0.5, 0.6) is 0 Å². The van der Waals surface area contributed by atoms with E-state index in [0.717, 1.165) is 17.7 Å². The molecule has 0 bridgehead atoms. The maximum absolute atomic E-state index is 12.0. The summed E-state index contributed by atoms with van der Waals surface area (Å²) in [6.45, 7) is 2.63. The number of esters is 1. The molecular weight excluding hydrogens is 348 g/mol. The molecule has 138 valence electrons. The number of rotatable bonds is 8. The third kappa shape index (κ3) is 7.19. The molecule has 2 N–H and O–H groups in total. The Morgan fingerprint density at radius 3 is 2.62 bits per heavy atom. The van der Waals surface area contributed by atoms with Crippen molar-refractivity contribution in [1.29, 1.82) is 0 Å². The lowest BCUT2D eigenvalue weighted by molar-refractivity contribution is -0.137. The third-order valence-corrected chi connectivity index (χ3v) is 4.66. The van der Waals surface area contributed by atoms with E-state index in [1.54, 1.807) is 0 Å². The molecule has 2 aromatic carbocycles. The van der Waals surface area contributed by atoms with Crippen molar-refractivity contribution in [2.45, 2.75) is 19.1 Å². The van der Waals surface area contributed by atoms with Crippen LogP contribution in [0.15, 0.2) is 48.5 Å². The number of nitrogens with one attached hydrogen (secondary N) is 2. The van der Waals surface area contributed by atoms with Crippen molar-refractivity contribution in [3.63, 3.8) is 0 Å². The second-order valence-electron chi connectivity index (χ2n) is 5.89. The minimum atomic E-state index is -0.239. The van der Waals surface area contributed by atoms with Gasteiger partial charge in [0.05, 0.1) is 12.9 Å². The predicted octanol–water partition coefficient (Wildman–Crippen LogP) is 3.77. The molecule has 6 heteroatoms. The van der Waals surface area contributed by atoms with Crippen molar-refractivity contribution >= 4 is 29.4 Å². The highest BCUT2D eigenvalue weighted by molar-refractivity contribution is 7.99. The normalized spacial score (nSPS) is 10.2. The Labute approximate surface area is 158 Å². The number of hydrogen-bond donors (Lipinski definition) is 2. The summed E-state index contributed by atoms with van der Waals surface area (Å²) < 4.78 is 4.62. The number of methoxy groups -OCH3 is 1. The molecule has 0 aliphatic heterocycles. The van der Waals surface area contributed by atoms with Crippen LogP contribution in [-0.4, -0.2) is 31.4 Å². The summed E-state index contributed by atoms with van der Waals surface area (Å²) in [5.41, 5.74) is 4.19. The number of carbonyl (C=O) groups excluding carboxylic acids is 2. The van der Waals surface area contributed by atoms with Gasteiger partial charge in [-0.1, -0.05) is 42.0 Å². The smallest absolute Gasteiger partial charge is 0.319 e. The van der Waals surface area contributed by atoms with Gasteiger partial charge in [0.15, 0.2) is 0 Å². The molecule has 0 spiro atoms. The van der Waals surface area contributed by atoms with Gasteiger partial charge in [0.25, 0.3) is 0 Å². The van der Waals surface area contributed by atoms with Crippen LogP contribution in [0.1, 0.15) is 16.7 Å². The first-order valence-corrected chi connectivity index (χ1v) is 9.56. The summed E-state index contributed by atoms with van der Waals surface area (Å²) >= 11 is 1.48. The SMILES string of the molecule is COC(=O)CSCc1cccc(NC(=O)NCCc2cccc(C)c2)c1. The van der Waals surface area contributed by atoms with Crippen molar-refractivity contribution in [1.82, 2.24) is 5.32 Å². The summed E-state index contributed by atoms with van der Waals surface area (Å²) in [6.07, 6.45) is 0.791. The van der Waals surface area contributed by atoms with Gasteiger partial charge >= 0.3 is 12.0 Å². The predicted molar refractivity (Wildman–Crippen MR) is 107 cm³/mol. The minimum absolute atomic E-state index is 0.225. The number of hydrogen-bond acceptors (Lipinski definition) is 4. The molecule has 0 radical (unpaired) electrons. The number of amides is 2. The molecular formula is C20H24N2O3S. The summed E-state index contributed by atoms with van der Waals surface area (Å²) in [5.74, 6) is 0.755. The monoisotopic (exact) mass is 372 g/mol. The highest BCUT2D eigenvalue weighted by Gasteiger charge is 2.04. The second kappa shape index (κ2) is 10.5. The average Bonchev–Trinajstić information content (AvgIpc) is 2.62. The Morgan fingerprint density at radius 2 is 1.85 bits per heavy atom. The number of aryl methyl sites for hydroxylation is 1. The first-order chi connectivity index (χ1) is 12.6. The van der Waals surface area contributed by atoms with E-state index in [9.17, 15) is 9.59 Å². The molecule has 2 aromatic rings. The molecule has 0 heterocycles. The summed E-state index contributed by atoms with van der Waals surface area (Å²) in [6, 6.07) is 15.6. The van der Waals surface area contributed by atoms with E-state index in [1.165, 1.54) is 30.0 Å². The molecule has 5 nitrogen and oxygen atoms in total. The van der Waals surface area contributed by atoms with E-state index in [4.69, 9.17) is 0 Å². The molecule has 0 aromatic heterocycles. The highest BCUT2D eigenvalue weighted by Crippen LogP contribution is 2.16. The van der Waals surface area contributed by atoms with Gasteiger partial charge in [0.2, 0.25) is 0 Å². The fourth-order valence-corrected chi connectivity index (χ4v) is 3.22. The van der Waals surface area contributed by atoms with E-state index >= 15 is 0 Å². The molecule has 0 fully saturated rings. The van der Waals surface area contributed by atoms with Crippen LogP contribution >= 0.6 is 11.8 Å². The number of anilines is 1. The fraction of sp³-hybridized carbons (Fsp3) is 0.300. The lowest BCUT2D eigenvalue weighted by atomic mass is 10.1. The molecule has 0 aliphatic carbocycles. The van der Waals surface area contributed by atoms with Crippen molar-refractivity contribution in [2.75, 3.05) is 24.7 Å².